The van der Waals surface area contributed by atoms with Gasteiger partial charge in [-0.25, -0.2) is 9.67 Å². The summed E-state index contributed by atoms with van der Waals surface area (Å²) < 4.78 is 6.69. The van der Waals surface area contributed by atoms with Gasteiger partial charge in [-0.3, -0.25) is 4.79 Å². The number of nitrogens with zero attached hydrogens (tertiary/aromatic N) is 3. The lowest BCUT2D eigenvalue weighted by Gasteiger charge is -2.11. The van der Waals surface area contributed by atoms with Gasteiger partial charge in [-0.15, -0.1) is 0 Å². The molecule has 0 fully saturated rings. The second kappa shape index (κ2) is 5.51. The van der Waals surface area contributed by atoms with Crippen LogP contribution in [-0.4, -0.2) is 27.8 Å². The Bertz CT molecular complexity index is 560. The first-order chi connectivity index (χ1) is 9.11. The number of aromatic nitrogens is 3. The van der Waals surface area contributed by atoms with E-state index in [4.69, 9.17) is 4.74 Å². The van der Waals surface area contributed by atoms with Crippen molar-refractivity contribution in [3.05, 3.63) is 36.2 Å². The predicted molar refractivity (Wildman–Crippen MR) is 71.4 cm³/mol. The van der Waals surface area contributed by atoms with E-state index >= 15 is 0 Å². The van der Waals surface area contributed by atoms with E-state index in [9.17, 15) is 4.79 Å². The Morgan fingerprint density at radius 1 is 1.37 bits per heavy atom. The molecule has 6 heteroatoms. The quantitative estimate of drug-likeness (QED) is 0.914. The van der Waals surface area contributed by atoms with Crippen LogP contribution in [0.25, 0.3) is 0 Å². The fraction of sp³-hybridized carbons (Fsp3) is 0.308. The van der Waals surface area contributed by atoms with Crippen LogP contribution in [0.5, 0.6) is 5.88 Å². The van der Waals surface area contributed by atoms with Crippen LogP contribution in [0.1, 0.15) is 30.2 Å². The lowest BCUT2D eigenvalue weighted by atomic mass is 10.2. The van der Waals surface area contributed by atoms with E-state index in [1.807, 2.05) is 13.8 Å². The lowest BCUT2D eigenvalue weighted by Crippen LogP contribution is -2.16. The highest BCUT2D eigenvalue weighted by molar-refractivity contribution is 6.03. The van der Waals surface area contributed by atoms with Crippen molar-refractivity contribution in [2.75, 3.05) is 12.4 Å². The highest BCUT2D eigenvalue weighted by Crippen LogP contribution is 2.14. The summed E-state index contributed by atoms with van der Waals surface area (Å²) in [5, 5.41) is 6.96. The standard InChI is InChI=1S/C13H16N4O2/c1-9(2)17-11(6-7-15-17)16-13(18)10-4-5-12(19-3)14-8-10/h4-9H,1-3H3,(H,16,18). The van der Waals surface area contributed by atoms with E-state index in [2.05, 4.69) is 15.4 Å². The van der Waals surface area contributed by atoms with Crippen LogP contribution < -0.4 is 10.1 Å². The van der Waals surface area contributed by atoms with Crippen molar-refractivity contribution in [3.8, 4) is 5.88 Å². The molecule has 0 unspecified atom stereocenters. The van der Waals surface area contributed by atoms with Crippen LogP contribution in [0.4, 0.5) is 5.82 Å². The Labute approximate surface area is 111 Å². The Hall–Kier alpha value is -2.37. The summed E-state index contributed by atoms with van der Waals surface area (Å²) in [4.78, 5) is 16.1. The highest BCUT2D eigenvalue weighted by atomic mass is 16.5. The van der Waals surface area contributed by atoms with Gasteiger partial charge in [0.15, 0.2) is 0 Å². The van der Waals surface area contributed by atoms with Crippen LogP contribution in [0.3, 0.4) is 0 Å². The van der Waals surface area contributed by atoms with E-state index < -0.39 is 0 Å². The molecule has 0 saturated carbocycles. The number of methoxy groups -OCH3 is 1. The molecule has 1 N–H and O–H groups in total. The molecular formula is C13H16N4O2. The minimum atomic E-state index is -0.224. The second-order valence-electron chi connectivity index (χ2n) is 4.30. The van der Waals surface area contributed by atoms with Gasteiger partial charge < -0.3 is 10.1 Å². The monoisotopic (exact) mass is 260 g/mol. The minimum absolute atomic E-state index is 0.180. The van der Waals surface area contributed by atoms with Gasteiger partial charge >= 0.3 is 0 Å². The number of pyridine rings is 1. The maximum absolute atomic E-state index is 12.1. The largest absolute Gasteiger partial charge is 0.481 e. The van der Waals surface area contributed by atoms with Crippen molar-refractivity contribution < 1.29 is 9.53 Å². The average Bonchev–Trinajstić information content (AvgIpc) is 2.87. The fourth-order valence-corrected chi connectivity index (χ4v) is 1.65. The third-order valence-corrected chi connectivity index (χ3v) is 2.61. The molecule has 0 aliphatic heterocycles. The van der Waals surface area contributed by atoms with Crippen molar-refractivity contribution in [1.82, 2.24) is 14.8 Å². The maximum Gasteiger partial charge on any atom is 0.258 e. The molecule has 0 spiro atoms. The number of carbonyl (C=O) groups excluding carboxylic acids is 1. The van der Waals surface area contributed by atoms with Gasteiger partial charge in [0, 0.05) is 24.4 Å². The molecule has 19 heavy (non-hydrogen) atoms. The molecule has 0 aliphatic rings. The fourth-order valence-electron chi connectivity index (χ4n) is 1.65. The molecule has 0 radical (unpaired) electrons. The maximum atomic E-state index is 12.1. The topological polar surface area (TPSA) is 69.0 Å². The number of nitrogens with one attached hydrogen (secondary N) is 1. The predicted octanol–water partition coefficient (Wildman–Crippen LogP) is 2.12. The Balaban J connectivity index is 2.13. The van der Waals surface area contributed by atoms with Crippen molar-refractivity contribution in [3.63, 3.8) is 0 Å². The molecule has 0 saturated heterocycles. The summed E-state index contributed by atoms with van der Waals surface area (Å²) in [6.45, 7) is 4.00. The molecular weight excluding hydrogens is 244 g/mol. The molecule has 6 nitrogen and oxygen atoms in total. The first kappa shape index (κ1) is 13.1. The van der Waals surface area contributed by atoms with E-state index in [0.717, 1.165) is 0 Å². The number of hydrogen-bond donors (Lipinski definition) is 1. The van der Waals surface area contributed by atoms with Gasteiger partial charge in [-0.1, -0.05) is 0 Å². The molecule has 0 aromatic carbocycles. The van der Waals surface area contributed by atoms with Crippen LogP contribution in [0.2, 0.25) is 0 Å². The van der Waals surface area contributed by atoms with E-state index in [1.165, 1.54) is 13.3 Å². The summed E-state index contributed by atoms with van der Waals surface area (Å²) >= 11 is 0. The zero-order chi connectivity index (χ0) is 13.8. The van der Waals surface area contributed by atoms with E-state index in [0.29, 0.717) is 17.3 Å². The average molecular weight is 260 g/mol. The Kier molecular flexibility index (Phi) is 3.79. The van der Waals surface area contributed by atoms with Gasteiger partial charge in [0.2, 0.25) is 5.88 Å². The number of rotatable bonds is 4. The summed E-state index contributed by atoms with van der Waals surface area (Å²) in [5.41, 5.74) is 0.470. The minimum Gasteiger partial charge on any atom is -0.481 e. The number of carbonyl (C=O) groups is 1. The second-order valence-corrected chi connectivity index (χ2v) is 4.30. The zero-order valence-corrected chi connectivity index (χ0v) is 11.1. The van der Waals surface area contributed by atoms with E-state index in [1.54, 1.807) is 29.1 Å². The normalized spacial score (nSPS) is 10.5. The molecule has 2 aromatic rings. The summed E-state index contributed by atoms with van der Waals surface area (Å²) in [6.07, 6.45) is 3.13. The molecule has 100 valence electrons. The van der Waals surface area contributed by atoms with Crippen LogP contribution in [0.15, 0.2) is 30.6 Å². The van der Waals surface area contributed by atoms with Crippen LogP contribution in [0, 0.1) is 0 Å². The van der Waals surface area contributed by atoms with Gasteiger partial charge in [0.1, 0.15) is 5.82 Å². The highest BCUT2D eigenvalue weighted by Gasteiger charge is 2.11. The number of anilines is 1. The Morgan fingerprint density at radius 2 is 2.16 bits per heavy atom. The number of amides is 1. The summed E-state index contributed by atoms with van der Waals surface area (Å²) in [5.74, 6) is 0.914. The van der Waals surface area contributed by atoms with E-state index in [-0.39, 0.29) is 11.9 Å². The summed E-state index contributed by atoms with van der Waals surface area (Å²) in [7, 11) is 1.53. The smallest absolute Gasteiger partial charge is 0.258 e. The van der Waals surface area contributed by atoms with Crippen molar-refractivity contribution in [2.45, 2.75) is 19.9 Å². The van der Waals surface area contributed by atoms with Crippen LogP contribution in [-0.2, 0) is 0 Å². The van der Waals surface area contributed by atoms with Crippen molar-refractivity contribution in [1.29, 1.82) is 0 Å². The van der Waals surface area contributed by atoms with Gasteiger partial charge in [-0.05, 0) is 19.9 Å². The first-order valence-corrected chi connectivity index (χ1v) is 5.96. The molecule has 1 amide bonds. The molecule has 0 atom stereocenters. The van der Waals surface area contributed by atoms with Gasteiger partial charge in [0.05, 0.1) is 18.9 Å². The third kappa shape index (κ3) is 2.90. The molecule has 2 heterocycles. The Morgan fingerprint density at radius 3 is 2.74 bits per heavy atom. The molecule has 0 bridgehead atoms. The molecule has 2 rings (SSSR count). The molecule has 0 aliphatic carbocycles. The SMILES string of the molecule is COc1ccc(C(=O)Nc2ccnn2C(C)C)cn1. The first-order valence-electron chi connectivity index (χ1n) is 5.96. The number of ether oxygens (including phenoxy) is 1. The lowest BCUT2D eigenvalue weighted by molar-refractivity contribution is 0.102. The van der Waals surface area contributed by atoms with Crippen molar-refractivity contribution in [2.24, 2.45) is 0 Å². The number of hydrogen-bond acceptors (Lipinski definition) is 4. The van der Waals surface area contributed by atoms with Gasteiger partial charge in [-0.2, -0.15) is 5.10 Å². The zero-order valence-electron chi connectivity index (χ0n) is 11.1. The van der Waals surface area contributed by atoms with Gasteiger partial charge in [0.25, 0.3) is 5.91 Å². The summed E-state index contributed by atoms with van der Waals surface area (Å²) in [6, 6.07) is 5.25. The molecule has 2 aromatic heterocycles. The third-order valence-electron chi connectivity index (χ3n) is 2.61. The van der Waals surface area contributed by atoms with Crippen molar-refractivity contribution >= 4 is 11.7 Å². The van der Waals surface area contributed by atoms with Crippen LogP contribution >= 0.6 is 0 Å².